The molecular formula is C20H17NO2. The van der Waals surface area contributed by atoms with Crippen molar-refractivity contribution in [3.05, 3.63) is 83.6 Å². The fraction of sp³-hybridized carbons (Fsp3) is 0.0500. The first-order valence-corrected chi connectivity index (χ1v) is 7.38. The number of esters is 1. The van der Waals surface area contributed by atoms with Crippen molar-refractivity contribution in [2.45, 2.75) is 0 Å². The quantitative estimate of drug-likeness (QED) is 0.713. The molecule has 3 rings (SSSR count). The second-order valence-corrected chi connectivity index (χ2v) is 5.11. The molecule has 1 aromatic heterocycles. The van der Waals surface area contributed by atoms with Crippen LogP contribution in [-0.2, 0) is 4.74 Å². The minimum Gasteiger partial charge on any atom is -0.465 e. The lowest BCUT2D eigenvalue weighted by atomic mass is 10.1. The second kappa shape index (κ2) is 6.79. The van der Waals surface area contributed by atoms with Crippen LogP contribution in [0.15, 0.2) is 66.7 Å². The molecule has 23 heavy (non-hydrogen) atoms. The van der Waals surface area contributed by atoms with Crippen LogP contribution in [0.2, 0.25) is 0 Å². The second-order valence-electron chi connectivity index (χ2n) is 5.11. The zero-order valence-electron chi connectivity index (χ0n) is 12.8. The van der Waals surface area contributed by atoms with Gasteiger partial charge in [0.1, 0.15) is 0 Å². The van der Waals surface area contributed by atoms with Gasteiger partial charge in [-0.3, -0.25) is 0 Å². The summed E-state index contributed by atoms with van der Waals surface area (Å²) in [5.74, 6) is -0.348. The number of hydrogen-bond acceptors (Lipinski definition) is 2. The maximum Gasteiger partial charge on any atom is 0.340 e. The maximum absolute atomic E-state index is 12.0. The van der Waals surface area contributed by atoms with E-state index in [1.807, 2.05) is 78.9 Å². The van der Waals surface area contributed by atoms with E-state index in [4.69, 9.17) is 4.74 Å². The van der Waals surface area contributed by atoms with E-state index in [0.717, 1.165) is 22.5 Å². The Labute approximate surface area is 135 Å². The monoisotopic (exact) mass is 303 g/mol. The van der Waals surface area contributed by atoms with Crippen molar-refractivity contribution in [3.8, 4) is 11.3 Å². The van der Waals surface area contributed by atoms with E-state index in [-0.39, 0.29) is 5.97 Å². The molecule has 3 aromatic rings. The summed E-state index contributed by atoms with van der Waals surface area (Å²) in [5.41, 5.74) is 4.21. The fourth-order valence-corrected chi connectivity index (χ4v) is 2.42. The van der Waals surface area contributed by atoms with Crippen LogP contribution in [-0.4, -0.2) is 18.1 Å². The predicted octanol–water partition coefficient (Wildman–Crippen LogP) is 4.64. The Bertz CT molecular complexity index is 817. The molecule has 0 saturated heterocycles. The van der Waals surface area contributed by atoms with Crippen molar-refractivity contribution < 1.29 is 9.53 Å². The Hall–Kier alpha value is -3.07. The van der Waals surface area contributed by atoms with E-state index in [1.165, 1.54) is 7.11 Å². The summed E-state index contributed by atoms with van der Waals surface area (Å²) >= 11 is 0. The summed E-state index contributed by atoms with van der Waals surface area (Å²) in [4.78, 5) is 15.3. The molecule has 1 N–H and O–H groups in total. The summed E-state index contributed by atoms with van der Waals surface area (Å²) in [5, 5.41) is 0. The maximum atomic E-state index is 12.0. The molecule has 3 nitrogen and oxygen atoms in total. The van der Waals surface area contributed by atoms with Crippen LogP contribution in [0.25, 0.3) is 23.4 Å². The largest absolute Gasteiger partial charge is 0.465 e. The SMILES string of the molecule is COC(=O)c1cc(/C=C/c2ccccc2)[nH]c1-c1ccccc1. The molecule has 0 spiro atoms. The summed E-state index contributed by atoms with van der Waals surface area (Å²) in [6, 6.07) is 21.6. The zero-order valence-corrected chi connectivity index (χ0v) is 12.8. The number of H-pyrrole nitrogens is 1. The first kappa shape index (κ1) is 14.9. The lowest BCUT2D eigenvalue weighted by Gasteiger charge is -2.02. The number of aromatic nitrogens is 1. The molecule has 0 saturated carbocycles. The highest BCUT2D eigenvalue weighted by atomic mass is 16.5. The Kier molecular flexibility index (Phi) is 4.39. The standard InChI is InChI=1S/C20H17NO2/c1-23-20(22)18-14-17(13-12-15-8-4-2-5-9-15)21-19(18)16-10-6-3-7-11-16/h2-14,21H,1H3/b13-12+. The highest BCUT2D eigenvalue weighted by Crippen LogP contribution is 2.25. The van der Waals surface area contributed by atoms with Crippen LogP contribution in [0.3, 0.4) is 0 Å². The highest BCUT2D eigenvalue weighted by Gasteiger charge is 2.16. The van der Waals surface area contributed by atoms with Crippen LogP contribution in [0, 0.1) is 0 Å². The third kappa shape index (κ3) is 3.40. The molecule has 0 amide bonds. The predicted molar refractivity (Wildman–Crippen MR) is 92.9 cm³/mol. The first-order chi connectivity index (χ1) is 11.3. The average Bonchev–Trinajstić information content (AvgIpc) is 3.05. The van der Waals surface area contributed by atoms with Gasteiger partial charge in [0.05, 0.1) is 18.4 Å². The van der Waals surface area contributed by atoms with Gasteiger partial charge in [-0.05, 0) is 23.3 Å². The lowest BCUT2D eigenvalue weighted by Crippen LogP contribution is -2.01. The molecule has 0 aliphatic rings. The topological polar surface area (TPSA) is 42.1 Å². The molecule has 0 unspecified atom stereocenters. The van der Waals surface area contributed by atoms with Crippen molar-refractivity contribution in [2.75, 3.05) is 7.11 Å². The van der Waals surface area contributed by atoms with Crippen LogP contribution in [0.1, 0.15) is 21.6 Å². The van der Waals surface area contributed by atoms with E-state index in [0.29, 0.717) is 5.56 Å². The van der Waals surface area contributed by atoms with Crippen LogP contribution < -0.4 is 0 Å². The van der Waals surface area contributed by atoms with Gasteiger partial charge in [-0.1, -0.05) is 66.7 Å². The van der Waals surface area contributed by atoms with E-state index in [2.05, 4.69) is 4.98 Å². The summed E-state index contributed by atoms with van der Waals surface area (Å²) in [6.45, 7) is 0. The number of benzene rings is 2. The van der Waals surface area contributed by atoms with Crippen molar-refractivity contribution in [1.29, 1.82) is 0 Å². The van der Waals surface area contributed by atoms with Crippen molar-refractivity contribution in [1.82, 2.24) is 4.98 Å². The molecule has 0 radical (unpaired) electrons. The normalized spacial score (nSPS) is 10.8. The van der Waals surface area contributed by atoms with E-state index < -0.39 is 0 Å². The number of aromatic amines is 1. The van der Waals surface area contributed by atoms with Gasteiger partial charge >= 0.3 is 5.97 Å². The first-order valence-electron chi connectivity index (χ1n) is 7.38. The molecule has 0 bridgehead atoms. The highest BCUT2D eigenvalue weighted by molar-refractivity contribution is 5.97. The third-order valence-electron chi connectivity index (χ3n) is 3.56. The van der Waals surface area contributed by atoms with Gasteiger partial charge < -0.3 is 9.72 Å². The number of carbonyl (C=O) groups excluding carboxylic acids is 1. The van der Waals surface area contributed by atoms with Crippen LogP contribution in [0.5, 0.6) is 0 Å². The number of ether oxygens (including phenoxy) is 1. The summed E-state index contributed by atoms with van der Waals surface area (Å²) < 4.78 is 4.89. The molecule has 0 fully saturated rings. The Morgan fingerprint density at radius 1 is 0.957 bits per heavy atom. The van der Waals surface area contributed by atoms with Gasteiger partial charge in [-0.15, -0.1) is 0 Å². The van der Waals surface area contributed by atoms with Crippen molar-refractivity contribution in [2.24, 2.45) is 0 Å². The fourth-order valence-electron chi connectivity index (χ4n) is 2.42. The Morgan fingerprint density at radius 3 is 2.26 bits per heavy atom. The number of hydrogen-bond donors (Lipinski definition) is 1. The van der Waals surface area contributed by atoms with Gasteiger partial charge in [0.2, 0.25) is 0 Å². The summed E-state index contributed by atoms with van der Waals surface area (Å²) in [6.07, 6.45) is 3.95. The Morgan fingerprint density at radius 2 is 1.61 bits per heavy atom. The molecule has 0 aliphatic carbocycles. The number of carbonyl (C=O) groups is 1. The van der Waals surface area contributed by atoms with Crippen LogP contribution in [0.4, 0.5) is 0 Å². The molecule has 3 heteroatoms. The Balaban J connectivity index is 1.98. The average molecular weight is 303 g/mol. The minimum absolute atomic E-state index is 0.348. The van der Waals surface area contributed by atoms with Crippen LogP contribution >= 0.6 is 0 Å². The molecule has 1 heterocycles. The third-order valence-corrected chi connectivity index (χ3v) is 3.56. The number of methoxy groups -OCH3 is 1. The van der Waals surface area contributed by atoms with Gasteiger partial charge in [-0.2, -0.15) is 0 Å². The summed E-state index contributed by atoms with van der Waals surface area (Å²) in [7, 11) is 1.39. The molecule has 114 valence electrons. The minimum atomic E-state index is -0.348. The van der Waals surface area contributed by atoms with Gasteiger partial charge in [0.25, 0.3) is 0 Å². The lowest BCUT2D eigenvalue weighted by molar-refractivity contribution is 0.0602. The van der Waals surface area contributed by atoms with Gasteiger partial charge in [-0.25, -0.2) is 4.79 Å². The van der Waals surface area contributed by atoms with Crippen molar-refractivity contribution >= 4 is 18.1 Å². The van der Waals surface area contributed by atoms with Gasteiger partial charge in [0, 0.05) is 5.69 Å². The zero-order chi connectivity index (χ0) is 16.1. The van der Waals surface area contributed by atoms with E-state index >= 15 is 0 Å². The van der Waals surface area contributed by atoms with Gasteiger partial charge in [0.15, 0.2) is 0 Å². The molecule has 0 atom stereocenters. The molecule has 2 aromatic carbocycles. The molecular weight excluding hydrogens is 286 g/mol. The van der Waals surface area contributed by atoms with E-state index in [1.54, 1.807) is 0 Å². The van der Waals surface area contributed by atoms with Crippen molar-refractivity contribution in [3.63, 3.8) is 0 Å². The van der Waals surface area contributed by atoms with E-state index in [9.17, 15) is 4.79 Å². The smallest absolute Gasteiger partial charge is 0.340 e. The number of rotatable bonds is 4. The number of nitrogens with one attached hydrogen (secondary N) is 1. The molecule has 0 aliphatic heterocycles.